The summed E-state index contributed by atoms with van der Waals surface area (Å²) >= 11 is 0. The molecule has 0 heterocycles. The summed E-state index contributed by atoms with van der Waals surface area (Å²) < 4.78 is 0. The third-order valence-electron chi connectivity index (χ3n) is 1.69. The van der Waals surface area contributed by atoms with E-state index in [9.17, 15) is 9.59 Å². The van der Waals surface area contributed by atoms with E-state index < -0.39 is 0 Å². The summed E-state index contributed by atoms with van der Waals surface area (Å²) in [5, 5.41) is 23.3. The normalized spacial score (nSPS) is 7.62. The smallest absolute Gasteiger partial charge is 0.649 e. The number of hydrogen-bond acceptors (Lipinski definition) is 4. The second kappa shape index (κ2) is 16.7. The maximum atomic E-state index is 10.6. The number of rotatable bonds is 6. The third-order valence-corrected chi connectivity index (χ3v) is 1.69. The molecule has 0 radical (unpaired) electrons. The molecule has 0 saturated carbocycles. The Hall–Kier alpha value is -1.34. The molecule has 0 aliphatic carbocycles. The quantitative estimate of drug-likeness (QED) is 0.425. The largest absolute Gasteiger partial charge is 2.00 e. The Kier molecular flexibility index (Phi) is 19.6. The molecule has 21 heavy (non-hydrogen) atoms. The van der Waals surface area contributed by atoms with Crippen LogP contribution in [0.4, 0.5) is 0 Å². The summed E-state index contributed by atoms with van der Waals surface area (Å²) in [7, 11) is 0. The first-order chi connectivity index (χ1) is 9.36. The Labute approximate surface area is 155 Å². The van der Waals surface area contributed by atoms with Crippen LogP contribution < -0.4 is 0 Å². The molecular formula is C14H18CaN4O2. The van der Waals surface area contributed by atoms with E-state index in [-0.39, 0.29) is 62.6 Å². The van der Waals surface area contributed by atoms with Crippen LogP contribution in [-0.4, -0.2) is 62.6 Å². The van der Waals surface area contributed by atoms with Crippen LogP contribution >= 0.6 is 0 Å². The fourth-order valence-electron chi connectivity index (χ4n) is 0.685. The van der Waals surface area contributed by atoms with Crippen LogP contribution in [0, 0.1) is 22.7 Å². The monoisotopic (exact) mass is 314 g/mol. The van der Waals surface area contributed by atoms with Crippen molar-refractivity contribution < 1.29 is 9.59 Å². The number of amides is 2. The average molecular weight is 314 g/mol. The standard InChI is InChI=1S/2C7H10N2O.Ca/c2*1-6(2)7(10)9-5-3-4-8;/h2*1,3,5H2,2H3,(H,9,10);/q;;+2/p-2. The van der Waals surface area contributed by atoms with Crippen LogP contribution in [0.25, 0.3) is 10.6 Å². The van der Waals surface area contributed by atoms with Crippen molar-refractivity contribution in [2.75, 3.05) is 13.1 Å². The van der Waals surface area contributed by atoms with Gasteiger partial charge in [0.1, 0.15) is 0 Å². The van der Waals surface area contributed by atoms with Crippen molar-refractivity contribution in [2.24, 2.45) is 0 Å². The van der Waals surface area contributed by atoms with Gasteiger partial charge in [-0.25, -0.2) is 0 Å². The summed E-state index contributed by atoms with van der Waals surface area (Å²) in [6.07, 6.45) is 0.581. The maximum Gasteiger partial charge on any atom is 2.00 e. The van der Waals surface area contributed by atoms with E-state index in [4.69, 9.17) is 10.5 Å². The molecule has 0 aromatic heterocycles. The van der Waals surface area contributed by atoms with Crippen molar-refractivity contribution in [2.45, 2.75) is 26.7 Å². The fraction of sp³-hybridized carbons (Fsp3) is 0.429. The molecule has 0 aromatic rings. The van der Waals surface area contributed by atoms with Gasteiger partial charge in [-0.15, -0.1) is 13.1 Å². The van der Waals surface area contributed by atoms with Gasteiger partial charge in [-0.05, 0) is 25.0 Å². The molecule has 0 rings (SSSR count). The van der Waals surface area contributed by atoms with Gasteiger partial charge in [0.25, 0.3) is 0 Å². The number of nitrogens with zero attached hydrogens (tertiary/aromatic N) is 4. The van der Waals surface area contributed by atoms with Gasteiger partial charge in [0.15, 0.2) is 0 Å². The fourth-order valence-corrected chi connectivity index (χ4v) is 0.685. The summed E-state index contributed by atoms with van der Waals surface area (Å²) in [6, 6.07) is 3.77. The molecule has 108 valence electrons. The predicted molar refractivity (Wildman–Crippen MR) is 82.3 cm³/mol. The van der Waals surface area contributed by atoms with Gasteiger partial charge in [-0.2, -0.15) is 10.5 Å². The first kappa shape index (κ1) is 24.7. The van der Waals surface area contributed by atoms with Crippen LogP contribution in [0.3, 0.4) is 0 Å². The van der Waals surface area contributed by atoms with Crippen molar-refractivity contribution in [3.05, 3.63) is 34.9 Å². The Morgan fingerprint density at radius 2 is 1.19 bits per heavy atom. The molecule has 0 aliphatic heterocycles. The predicted octanol–water partition coefficient (Wildman–Crippen LogP) is 2.37. The van der Waals surface area contributed by atoms with E-state index in [2.05, 4.69) is 23.8 Å². The molecule has 0 bridgehead atoms. The Morgan fingerprint density at radius 1 is 0.905 bits per heavy atom. The van der Waals surface area contributed by atoms with E-state index in [0.29, 0.717) is 24.0 Å². The van der Waals surface area contributed by atoms with Gasteiger partial charge in [-0.1, -0.05) is 13.2 Å². The summed E-state index contributed by atoms with van der Waals surface area (Å²) in [6.45, 7) is 10.6. The van der Waals surface area contributed by atoms with Gasteiger partial charge >= 0.3 is 37.7 Å². The molecule has 0 N–H and O–H groups in total. The zero-order chi connectivity index (χ0) is 16.0. The van der Waals surface area contributed by atoms with Gasteiger partial charge in [-0.3, -0.25) is 0 Å². The number of hydrogen-bond donors (Lipinski definition) is 0. The van der Waals surface area contributed by atoms with Crippen molar-refractivity contribution in [1.82, 2.24) is 0 Å². The second-order valence-corrected chi connectivity index (χ2v) is 3.75. The molecular weight excluding hydrogens is 296 g/mol. The summed E-state index contributed by atoms with van der Waals surface area (Å²) in [5.74, 6) is -0.620. The Balaban J connectivity index is -0.000000295. The zero-order valence-electron chi connectivity index (χ0n) is 12.6. The van der Waals surface area contributed by atoms with Gasteiger partial charge in [0.05, 0.1) is 24.0 Å². The van der Waals surface area contributed by atoms with E-state index in [0.717, 1.165) is 0 Å². The molecule has 2 amide bonds. The third kappa shape index (κ3) is 18.7. The topological polar surface area (TPSA) is 110 Å². The first-order valence-corrected chi connectivity index (χ1v) is 5.85. The van der Waals surface area contributed by atoms with Gasteiger partial charge < -0.3 is 20.2 Å². The average Bonchev–Trinajstić information content (AvgIpc) is 2.39. The van der Waals surface area contributed by atoms with Crippen molar-refractivity contribution in [1.29, 1.82) is 10.5 Å². The van der Waals surface area contributed by atoms with E-state index in [1.165, 1.54) is 0 Å². The molecule has 0 aliphatic rings. The van der Waals surface area contributed by atoms with Gasteiger partial charge in [0.2, 0.25) is 0 Å². The van der Waals surface area contributed by atoms with Crippen LogP contribution in [0.5, 0.6) is 0 Å². The van der Waals surface area contributed by atoms with E-state index in [1.807, 2.05) is 12.1 Å². The minimum Gasteiger partial charge on any atom is -0.649 e. The van der Waals surface area contributed by atoms with E-state index >= 15 is 0 Å². The van der Waals surface area contributed by atoms with Crippen molar-refractivity contribution >= 4 is 49.6 Å². The van der Waals surface area contributed by atoms with Crippen LogP contribution in [0.2, 0.25) is 0 Å². The molecule has 0 unspecified atom stereocenters. The first-order valence-electron chi connectivity index (χ1n) is 5.85. The molecule has 0 aromatic carbocycles. The number of nitriles is 2. The molecule has 0 spiro atoms. The number of carbonyl (C=O) groups excluding carboxylic acids is 2. The van der Waals surface area contributed by atoms with Crippen molar-refractivity contribution in [3.63, 3.8) is 0 Å². The van der Waals surface area contributed by atoms with Gasteiger partial charge in [0, 0.05) is 12.8 Å². The maximum absolute atomic E-state index is 10.6. The zero-order valence-corrected chi connectivity index (χ0v) is 14.8. The Bertz CT molecular complexity index is 405. The van der Waals surface area contributed by atoms with Crippen LogP contribution in [-0.2, 0) is 9.59 Å². The van der Waals surface area contributed by atoms with E-state index in [1.54, 1.807) is 13.8 Å². The molecule has 0 fully saturated rings. The summed E-state index contributed by atoms with van der Waals surface area (Å²) in [5.41, 5.74) is 0.830. The minimum absolute atomic E-state index is 0. The van der Waals surface area contributed by atoms with Crippen molar-refractivity contribution in [3.8, 4) is 12.1 Å². The van der Waals surface area contributed by atoms with Crippen LogP contribution in [0.1, 0.15) is 26.7 Å². The second-order valence-electron chi connectivity index (χ2n) is 3.75. The minimum atomic E-state index is -0.310. The SMILES string of the molecule is C=C(C)C(=O)[N-]CCC#N.C=C(C)C(=O)[N-]CCC#N.[Ca+2]. The molecule has 6 nitrogen and oxygen atoms in total. The number of carbonyl (C=O) groups is 2. The summed E-state index contributed by atoms with van der Waals surface area (Å²) in [4.78, 5) is 21.3. The van der Waals surface area contributed by atoms with Crippen LogP contribution in [0.15, 0.2) is 24.3 Å². The molecule has 7 heteroatoms. The molecule has 0 saturated heterocycles. The molecule has 0 atom stereocenters. The Morgan fingerprint density at radius 3 is 1.38 bits per heavy atom.